The van der Waals surface area contributed by atoms with Gasteiger partial charge in [-0.15, -0.1) is 0 Å². The van der Waals surface area contributed by atoms with Crippen molar-refractivity contribution in [2.75, 3.05) is 20.7 Å². The lowest BCUT2D eigenvalue weighted by molar-refractivity contribution is 0.0218. The zero-order chi connectivity index (χ0) is 20.9. The summed E-state index contributed by atoms with van der Waals surface area (Å²) < 4.78 is 17.8. The van der Waals surface area contributed by atoms with Gasteiger partial charge in [-0.1, -0.05) is 29.8 Å². The predicted molar refractivity (Wildman–Crippen MR) is 114 cm³/mol. The molecule has 2 heterocycles. The van der Waals surface area contributed by atoms with E-state index in [0.717, 1.165) is 31.0 Å². The van der Waals surface area contributed by atoms with Crippen molar-refractivity contribution in [2.24, 2.45) is 0 Å². The van der Waals surface area contributed by atoms with E-state index < -0.39 is 0 Å². The van der Waals surface area contributed by atoms with Gasteiger partial charge in [-0.25, -0.2) is 4.79 Å². The Labute approximate surface area is 181 Å². The van der Waals surface area contributed by atoms with Crippen molar-refractivity contribution >= 4 is 17.6 Å². The summed E-state index contributed by atoms with van der Waals surface area (Å²) in [5.74, 6) is 1.21. The van der Waals surface area contributed by atoms with Crippen LogP contribution in [0.15, 0.2) is 48.6 Å². The van der Waals surface area contributed by atoms with Gasteiger partial charge in [-0.3, -0.25) is 0 Å². The van der Waals surface area contributed by atoms with Gasteiger partial charge in [0.05, 0.1) is 18.1 Å². The normalized spacial score (nSPS) is 26.9. The van der Waals surface area contributed by atoms with Gasteiger partial charge >= 0.3 is 5.97 Å². The largest absolute Gasteiger partial charge is 0.493 e. The minimum Gasteiger partial charge on any atom is -0.493 e. The number of methoxy groups -OCH3 is 1. The molecule has 0 saturated carbocycles. The zero-order valence-corrected chi connectivity index (χ0v) is 17.8. The lowest BCUT2D eigenvalue weighted by Gasteiger charge is -2.36. The van der Waals surface area contributed by atoms with Crippen LogP contribution in [-0.4, -0.2) is 43.8 Å². The fraction of sp³-hybridized carbons (Fsp3) is 0.375. The molecular weight excluding hydrogens is 402 g/mol. The Morgan fingerprint density at radius 3 is 2.97 bits per heavy atom. The predicted octanol–water partition coefficient (Wildman–Crippen LogP) is 4.37. The van der Waals surface area contributed by atoms with E-state index in [1.807, 2.05) is 12.1 Å². The lowest BCUT2D eigenvalue weighted by atomic mass is 9.69. The van der Waals surface area contributed by atoms with Crippen LogP contribution in [0.3, 0.4) is 0 Å². The molecule has 5 rings (SSSR count). The number of rotatable bonds is 3. The number of carbonyl (C=O) groups excluding carboxylic acids is 1. The molecule has 0 radical (unpaired) electrons. The van der Waals surface area contributed by atoms with Gasteiger partial charge in [0.25, 0.3) is 0 Å². The van der Waals surface area contributed by atoms with E-state index in [1.165, 1.54) is 11.1 Å². The van der Waals surface area contributed by atoms with Crippen LogP contribution in [0.2, 0.25) is 5.02 Å². The summed E-state index contributed by atoms with van der Waals surface area (Å²) in [6, 6.07) is 10.9. The smallest absolute Gasteiger partial charge is 0.338 e. The van der Waals surface area contributed by atoms with E-state index in [1.54, 1.807) is 31.4 Å². The molecule has 0 aromatic heterocycles. The summed E-state index contributed by atoms with van der Waals surface area (Å²) in [5.41, 5.74) is 2.73. The van der Waals surface area contributed by atoms with Gasteiger partial charge in [-0.2, -0.15) is 0 Å². The maximum absolute atomic E-state index is 12.6. The molecule has 5 nitrogen and oxygen atoms in total. The molecule has 0 amide bonds. The van der Waals surface area contributed by atoms with E-state index in [0.29, 0.717) is 17.0 Å². The molecule has 2 aliphatic heterocycles. The summed E-state index contributed by atoms with van der Waals surface area (Å²) in [6.07, 6.45) is 5.32. The molecule has 0 fully saturated rings. The molecule has 6 heteroatoms. The van der Waals surface area contributed by atoms with Crippen molar-refractivity contribution in [2.45, 2.75) is 37.0 Å². The third-order valence-electron chi connectivity index (χ3n) is 6.45. The molecular formula is C24H24ClNO4. The second-order valence-corrected chi connectivity index (χ2v) is 8.75. The molecule has 2 aromatic carbocycles. The Bertz CT molecular complexity index is 1040. The Hall–Kier alpha value is -2.50. The summed E-state index contributed by atoms with van der Waals surface area (Å²) in [4.78, 5) is 14.9. The van der Waals surface area contributed by atoms with Gasteiger partial charge in [0.2, 0.25) is 0 Å². The Kier molecular flexibility index (Phi) is 4.75. The number of hydrogen-bond donors (Lipinski definition) is 0. The number of halogens is 1. The van der Waals surface area contributed by atoms with Crippen molar-refractivity contribution in [3.8, 4) is 11.5 Å². The first-order valence-corrected chi connectivity index (χ1v) is 10.6. The van der Waals surface area contributed by atoms with Crippen molar-refractivity contribution in [3.05, 3.63) is 70.3 Å². The number of hydrogen-bond acceptors (Lipinski definition) is 5. The number of benzene rings is 2. The molecule has 0 bridgehead atoms. The molecule has 3 aliphatic rings. The second-order valence-electron chi connectivity index (χ2n) is 8.31. The van der Waals surface area contributed by atoms with E-state index in [4.69, 9.17) is 25.8 Å². The monoisotopic (exact) mass is 425 g/mol. The molecule has 2 aromatic rings. The molecule has 3 atom stereocenters. The number of ether oxygens (including phenoxy) is 3. The highest BCUT2D eigenvalue weighted by Crippen LogP contribution is 2.55. The van der Waals surface area contributed by atoms with Gasteiger partial charge < -0.3 is 19.1 Å². The Morgan fingerprint density at radius 1 is 1.30 bits per heavy atom. The van der Waals surface area contributed by atoms with E-state index in [2.05, 4.69) is 24.1 Å². The van der Waals surface area contributed by atoms with Crippen LogP contribution < -0.4 is 9.47 Å². The second kappa shape index (κ2) is 7.33. The van der Waals surface area contributed by atoms with Gasteiger partial charge in [0.1, 0.15) is 12.2 Å². The first-order chi connectivity index (χ1) is 14.5. The molecule has 1 spiro atoms. The van der Waals surface area contributed by atoms with Crippen molar-refractivity contribution < 1.29 is 19.0 Å². The summed E-state index contributed by atoms with van der Waals surface area (Å²) >= 11 is 6.01. The maximum atomic E-state index is 12.6. The number of nitrogens with zero attached hydrogens (tertiary/aromatic N) is 1. The summed E-state index contributed by atoms with van der Waals surface area (Å²) in [6.45, 7) is 1.85. The molecule has 1 unspecified atom stereocenters. The highest BCUT2D eigenvalue weighted by Gasteiger charge is 2.53. The number of esters is 1. The Morgan fingerprint density at radius 2 is 2.17 bits per heavy atom. The standard InChI is InChI=1S/C24H24ClNO4/c1-26-11-10-24-9-8-18(29-23(27)15-4-3-5-17(25)12-15)13-20(24)30-22-19(28-2)7-6-16(14-26)21(22)24/h3-9,12,18,20H,10-11,13-14H2,1-2H3/t18-,20?,24-/m0/s1. The first-order valence-electron chi connectivity index (χ1n) is 10.2. The van der Waals surface area contributed by atoms with Gasteiger partial charge in [0.15, 0.2) is 11.5 Å². The molecule has 0 saturated heterocycles. The summed E-state index contributed by atoms with van der Waals surface area (Å²) in [5, 5.41) is 0.513. The minimum atomic E-state index is -0.377. The van der Waals surface area contributed by atoms with Crippen LogP contribution in [0.5, 0.6) is 11.5 Å². The van der Waals surface area contributed by atoms with E-state index in [-0.39, 0.29) is 23.6 Å². The van der Waals surface area contributed by atoms with E-state index >= 15 is 0 Å². The van der Waals surface area contributed by atoms with Crippen LogP contribution >= 0.6 is 11.6 Å². The fourth-order valence-corrected chi connectivity index (χ4v) is 5.16. The van der Waals surface area contributed by atoms with Crippen molar-refractivity contribution in [1.29, 1.82) is 0 Å². The van der Waals surface area contributed by atoms with Crippen LogP contribution in [0, 0.1) is 0 Å². The van der Waals surface area contributed by atoms with Crippen LogP contribution in [-0.2, 0) is 16.7 Å². The highest BCUT2D eigenvalue weighted by atomic mass is 35.5. The maximum Gasteiger partial charge on any atom is 0.338 e. The first kappa shape index (κ1) is 19.5. The van der Waals surface area contributed by atoms with Crippen LogP contribution in [0.1, 0.15) is 34.3 Å². The number of carbonyl (C=O) groups is 1. The fourth-order valence-electron chi connectivity index (χ4n) is 4.97. The highest BCUT2D eigenvalue weighted by molar-refractivity contribution is 6.30. The zero-order valence-electron chi connectivity index (χ0n) is 17.1. The van der Waals surface area contributed by atoms with E-state index in [9.17, 15) is 4.79 Å². The van der Waals surface area contributed by atoms with Crippen LogP contribution in [0.4, 0.5) is 0 Å². The average molecular weight is 426 g/mol. The SMILES string of the molecule is COc1ccc2c3c1OC1C[C@@H](OC(=O)c4cccc(Cl)c4)C=C[C@@]31CCN(C)C2. The van der Waals surface area contributed by atoms with Crippen molar-refractivity contribution in [3.63, 3.8) is 0 Å². The average Bonchev–Trinajstić information content (AvgIpc) is 2.99. The van der Waals surface area contributed by atoms with Gasteiger partial charge in [-0.05, 0) is 55.9 Å². The van der Waals surface area contributed by atoms with Gasteiger partial charge in [0, 0.05) is 23.6 Å². The lowest BCUT2D eigenvalue weighted by Crippen LogP contribution is -2.43. The molecule has 156 valence electrons. The third kappa shape index (κ3) is 3.08. The van der Waals surface area contributed by atoms with Crippen LogP contribution in [0.25, 0.3) is 0 Å². The third-order valence-corrected chi connectivity index (χ3v) is 6.68. The Balaban J connectivity index is 1.46. The quantitative estimate of drug-likeness (QED) is 0.540. The summed E-state index contributed by atoms with van der Waals surface area (Å²) in [7, 11) is 3.82. The molecule has 0 N–H and O–H groups in total. The molecule has 30 heavy (non-hydrogen) atoms. The minimum absolute atomic E-state index is 0.101. The van der Waals surface area contributed by atoms with Crippen molar-refractivity contribution in [1.82, 2.24) is 4.90 Å². The molecule has 1 aliphatic carbocycles. The topological polar surface area (TPSA) is 48.0 Å².